The van der Waals surface area contributed by atoms with Crippen LogP contribution < -0.4 is 0 Å². The second-order valence-corrected chi connectivity index (χ2v) is 3.62. The highest BCUT2D eigenvalue weighted by Crippen LogP contribution is 2.17. The Morgan fingerprint density at radius 2 is 2.57 bits per heavy atom. The molecule has 14 heavy (non-hydrogen) atoms. The van der Waals surface area contributed by atoms with Crippen LogP contribution in [0.3, 0.4) is 0 Å². The summed E-state index contributed by atoms with van der Waals surface area (Å²) < 4.78 is 7.19. The molecule has 0 amide bonds. The van der Waals surface area contributed by atoms with Crippen molar-refractivity contribution in [1.29, 1.82) is 0 Å². The minimum atomic E-state index is -0.0405. The molecule has 1 aromatic heterocycles. The Balaban J connectivity index is 1.84. The molecule has 1 aromatic rings. The Labute approximate surface area is 82.7 Å². The molecule has 0 aromatic carbocycles. The van der Waals surface area contributed by atoms with Crippen LogP contribution >= 0.6 is 0 Å². The summed E-state index contributed by atoms with van der Waals surface area (Å²) in [6.07, 6.45) is 3.89. The summed E-state index contributed by atoms with van der Waals surface area (Å²) in [5.74, 6) is 1.30. The van der Waals surface area contributed by atoms with Crippen molar-refractivity contribution in [2.24, 2.45) is 5.92 Å². The van der Waals surface area contributed by atoms with Gasteiger partial charge in [-0.15, -0.1) is 10.2 Å². The monoisotopic (exact) mass is 197 g/mol. The maximum atomic E-state index is 8.95. The molecule has 0 aliphatic carbocycles. The molecule has 1 saturated heterocycles. The number of nitrogens with zero attached hydrogens (tertiary/aromatic N) is 3. The van der Waals surface area contributed by atoms with Crippen molar-refractivity contribution in [3.05, 3.63) is 12.2 Å². The molecule has 1 aliphatic rings. The average Bonchev–Trinajstić information content (AvgIpc) is 2.85. The van der Waals surface area contributed by atoms with E-state index >= 15 is 0 Å². The fourth-order valence-corrected chi connectivity index (χ4v) is 1.72. The van der Waals surface area contributed by atoms with E-state index in [1.54, 1.807) is 6.33 Å². The molecular weight excluding hydrogens is 182 g/mol. The first kappa shape index (κ1) is 9.61. The maximum Gasteiger partial charge on any atom is 0.158 e. The zero-order valence-corrected chi connectivity index (χ0v) is 8.09. The molecule has 0 bridgehead atoms. The predicted octanol–water partition coefficient (Wildman–Crippen LogP) is 0.197. The van der Waals surface area contributed by atoms with Crippen LogP contribution in [0.4, 0.5) is 0 Å². The van der Waals surface area contributed by atoms with Crippen molar-refractivity contribution >= 4 is 0 Å². The number of aliphatic hydroxyl groups excluding tert-OH is 1. The van der Waals surface area contributed by atoms with Crippen molar-refractivity contribution in [2.75, 3.05) is 13.2 Å². The van der Waals surface area contributed by atoms with E-state index in [9.17, 15) is 0 Å². The quantitative estimate of drug-likeness (QED) is 0.749. The summed E-state index contributed by atoms with van der Waals surface area (Å²) in [4.78, 5) is 0. The number of hydrogen-bond acceptors (Lipinski definition) is 4. The van der Waals surface area contributed by atoms with Gasteiger partial charge >= 0.3 is 0 Å². The highest BCUT2D eigenvalue weighted by Gasteiger charge is 2.15. The van der Waals surface area contributed by atoms with E-state index in [-0.39, 0.29) is 6.61 Å². The number of rotatable bonds is 4. The summed E-state index contributed by atoms with van der Waals surface area (Å²) in [5, 5.41) is 16.5. The van der Waals surface area contributed by atoms with Gasteiger partial charge in [0.15, 0.2) is 5.82 Å². The topological polar surface area (TPSA) is 60.2 Å². The Bertz CT molecular complexity index is 281. The molecule has 1 unspecified atom stereocenters. The number of aliphatic hydroxyl groups is 1. The third-order valence-electron chi connectivity index (χ3n) is 2.64. The first-order valence-electron chi connectivity index (χ1n) is 4.95. The molecule has 0 saturated carbocycles. The lowest BCUT2D eigenvalue weighted by molar-refractivity contribution is 0.183. The summed E-state index contributed by atoms with van der Waals surface area (Å²) in [6.45, 7) is 2.59. The van der Waals surface area contributed by atoms with Crippen LogP contribution in [0.1, 0.15) is 18.7 Å². The lowest BCUT2D eigenvalue weighted by Gasteiger charge is -2.08. The SMILES string of the molecule is OCc1nncn1CCC1CCOC1. The first-order valence-corrected chi connectivity index (χ1v) is 4.95. The second-order valence-electron chi connectivity index (χ2n) is 3.62. The maximum absolute atomic E-state index is 8.95. The van der Waals surface area contributed by atoms with Gasteiger partial charge in [-0.05, 0) is 18.8 Å². The molecular formula is C9H15N3O2. The van der Waals surface area contributed by atoms with E-state index in [0.717, 1.165) is 32.6 Å². The molecule has 5 nitrogen and oxygen atoms in total. The van der Waals surface area contributed by atoms with Crippen molar-refractivity contribution in [1.82, 2.24) is 14.8 Å². The minimum absolute atomic E-state index is 0.0405. The molecule has 0 spiro atoms. The van der Waals surface area contributed by atoms with Gasteiger partial charge in [-0.25, -0.2) is 0 Å². The number of hydrogen-bond donors (Lipinski definition) is 1. The molecule has 2 rings (SSSR count). The fourth-order valence-electron chi connectivity index (χ4n) is 1.72. The third-order valence-corrected chi connectivity index (χ3v) is 2.64. The predicted molar refractivity (Wildman–Crippen MR) is 49.5 cm³/mol. The summed E-state index contributed by atoms with van der Waals surface area (Å²) in [6, 6.07) is 0. The second kappa shape index (κ2) is 4.52. The van der Waals surface area contributed by atoms with E-state index in [1.807, 2.05) is 4.57 Å². The number of ether oxygens (including phenoxy) is 1. The Morgan fingerprint density at radius 3 is 3.29 bits per heavy atom. The van der Waals surface area contributed by atoms with E-state index in [4.69, 9.17) is 9.84 Å². The van der Waals surface area contributed by atoms with Gasteiger partial charge < -0.3 is 14.4 Å². The standard InChI is InChI=1S/C9H15N3O2/c13-5-9-11-10-7-12(9)3-1-8-2-4-14-6-8/h7-8,13H,1-6H2. The van der Waals surface area contributed by atoms with Gasteiger partial charge in [0, 0.05) is 19.8 Å². The van der Waals surface area contributed by atoms with Crippen LogP contribution in [0.15, 0.2) is 6.33 Å². The van der Waals surface area contributed by atoms with Gasteiger partial charge in [-0.3, -0.25) is 0 Å². The van der Waals surface area contributed by atoms with E-state index < -0.39 is 0 Å². The smallest absolute Gasteiger partial charge is 0.158 e. The molecule has 2 heterocycles. The largest absolute Gasteiger partial charge is 0.388 e. The van der Waals surface area contributed by atoms with Gasteiger partial charge in [-0.2, -0.15) is 0 Å². The first-order chi connectivity index (χ1) is 6.90. The van der Waals surface area contributed by atoms with Crippen LogP contribution in [-0.2, 0) is 17.9 Å². The molecule has 78 valence electrons. The normalized spacial score (nSPS) is 21.6. The van der Waals surface area contributed by atoms with Crippen molar-refractivity contribution in [3.63, 3.8) is 0 Å². The molecule has 1 atom stereocenters. The van der Waals surface area contributed by atoms with E-state index in [0.29, 0.717) is 11.7 Å². The average molecular weight is 197 g/mol. The third kappa shape index (κ3) is 2.10. The number of aromatic nitrogens is 3. The van der Waals surface area contributed by atoms with E-state index in [1.165, 1.54) is 0 Å². The fraction of sp³-hybridized carbons (Fsp3) is 0.778. The zero-order valence-electron chi connectivity index (χ0n) is 8.09. The lowest BCUT2D eigenvalue weighted by atomic mass is 10.1. The molecule has 1 aliphatic heterocycles. The van der Waals surface area contributed by atoms with Crippen LogP contribution in [0.5, 0.6) is 0 Å². The van der Waals surface area contributed by atoms with Crippen molar-refractivity contribution in [3.8, 4) is 0 Å². The Hall–Kier alpha value is -0.940. The van der Waals surface area contributed by atoms with Crippen molar-refractivity contribution < 1.29 is 9.84 Å². The highest BCUT2D eigenvalue weighted by molar-refractivity contribution is 4.82. The molecule has 0 radical (unpaired) electrons. The highest BCUT2D eigenvalue weighted by atomic mass is 16.5. The molecule has 1 fully saturated rings. The van der Waals surface area contributed by atoms with Crippen LogP contribution in [0, 0.1) is 5.92 Å². The molecule has 1 N–H and O–H groups in total. The Kier molecular flexibility index (Phi) is 3.10. The van der Waals surface area contributed by atoms with Gasteiger partial charge in [0.25, 0.3) is 0 Å². The van der Waals surface area contributed by atoms with Gasteiger partial charge in [0.05, 0.1) is 0 Å². The summed E-state index contributed by atoms with van der Waals surface area (Å²) in [5.41, 5.74) is 0. The summed E-state index contributed by atoms with van der Waals surface area (Å²) in [7, 11) is 0. The van der Waals surface area contributed by atoms with Gasteiger partial charge in [-0.1, -0.05) is 0 Å². The zero-order chi connectivity index (χ0) is 9.80. The minimum Gasteiger partial charge on any atom is -0.388 e. The van der Waals surface area contributed by atoms with E-state index in [2.05, 4.69) is 10.2 Å². The number of aryl methyl sites for hydroxylation is 1. The van der Waals surface area contributed by atoms with Crippen LogP contribution in [-0.4, -0.2) is 33.1 Å². The van der Waals surface area contributed by atoms with Gasteiger partial charge in [0.2, 0.25) is 0 Å². The summed E-state index contributed by atoms with van der Waals surface area (Å²) >= 11 is 0. The molecule has 5 heteroatoms. The Morgan fingerprint density at radius 1 is 1.64 bits per heavy atom. The van der Waals surface area contributed by atoms with Crippen LogP contribution in [0.25, 0.3) is 0 Å². The van der Waals surface area contributed by atoms with Gasteiger partial charge in [0.1, 0.15) is 12.9 Å². The van der Waals surface area contributed by atoms with Crippen LogP contribution in [0.2, 0.25) is 0 Å². The lowest BCUT2D eigenvalue weighted by Crippen LogP contribution is -2.08. The van der Waals surface area contributed by atoms with Crippen molar-refractivity contribution in [2.45, 2.75) is 26.0 Å².